The SMILES string of the molecule is CCCCCCN1N=CN(Br)C1C(F)(F)F. The van der Waals surface area contributed by atoms with Gasteiger partial charge in [0.2, 0.25) is 6.17 Å². The molecule has 0 amide bonds. The number of hydrogen-bond acceptors (Lipinski definition) is 3. The van der Waals surface area contributed by atoms with Gasteiger partial charge in [-0.3, -0.25) is 8.93 Å². The average molecular weight is 302 g/mol. The number of halogens is 4. The third-order valence-corrected chi connectivity index (χ3v) is 2.93. The second-order valence-electron chi connectivity index (χ2n) is 3.71. The van der Waals surface area contributed by atoms with Crippen LogP contribution in [0.4, 0.5) is 13.2 Å². The summed E-state index contributed by atoms with van der Waals surface area (Å²) < 4.78 is 38.8. The van der Waals surface area contributed by atoms with Gasteiger partial charge in [0.25, 0.3) is 0 Å². The van der Waals surface area contributed by atoms with Gasteiger partial charge in [-0.25, -0.2) is 0 Å². The lowest BCUT2D eigenvalue weighted by molar-refractivity contribution is -0.195. The molecule has 0 saturated carbocycles. The Morgan fingerprint density at radius 2 is 2.00 bits per heavy atom. The van der Waals surface area contributed by atoms with Gasteiger partial charge in [-0.05, 0) is 6.42 Å². The van der Waals surface area contributed by atoms with E-state index in [9.17, 15) is 13.2 Å². The molecule has 0 aromatic rings. The molecule has 0 N–H and O–H groups in total. The second kappa shape index (κ2) is 5.75. The molecule has 0 fully saturated rings. The zero-order valence-corrected chi connectivity index (χ0v) is 10.6. The van der Waals surface area contributed by atoms with E-state index < -0.39 is 12.3 Å². The van der Waals surface area contributed by atoms with Crippen LogP contribution in [-0.4, -0.2) is 34.2 Å². The normalized spacial score (nSPS) is 20.9. The maximum atomic E-state index is 12.6. The third-order valence-electron chi connectivity index (χ3n) is 2.36. The Kier molecular flexibility index (Phi) is 4.89. The van der Waals surface area contributed by atoms with Crippen LogP contribution >= 0.6 is 16.1 Å². The summed E-state index contributed by atoms with van der Waals surface area (Å²) in [7, 11) is 0. The van der Waals surface area contributed by atoms with E-state index in [-0.39, 0.29) is 0 Å². The summed E-state index contributed by atoms with van der Waals surface area (Å²) >= 11 is 2.83. The maximum absolute atomic E-state index is 12.6. The van der Waals surface area contributed by atoms with Crippen LogP contribution in [0.25, 0.3) is 0 Å². The first-order valence-corrected chi connectivity index (χ1v) is 5.99. The molecule has 1 aliphatic rings. The van der Waals surface area contributed by atoms with Crippen LogP contribution in [0.5, 0.6) is 0 Å². The molecule has 7 heteroatoms. The number of alkyl halides is 3. The minimum atomic E-state index is -4.30. The van der Waals surface area contributed by atoms with Gasteiger partial charge < -0.3 is 0 Å². The van der Waals surface area contributed by atoms with Crippen molar-refractivity contribution in [2.24, 2.45) is 5.10 Å². The Hall–Kier alpha value is -0.460. The van der Waals surface area contributed by atoms with Crippen molar-refractivity contribution < 1.29 is 13.2 Å². The molecule has 16 heavy (non-hydrogen) atoms. The van der Waals surface area contributed by atoms with Crippen LogP contribution in [0.3, 0.4) is 0 Å². The van der Waals surface area contributed by atoms with E-state index in [0.717, 1.165) is 41.0 Å². The Morgan fingerprint density at radius 3 is 2.56 bits per heavy atom. The minimum absolute atomic E-state index is 0.336. The molecule has 1 atom stereocenters. The van der Waals surface area contributed by atoms with Crippen molar-refractivity contribution in [3.63, 3.8) is 0 Å². The van der Waals surface area contributed by atoms with Crippen molar-refractivity contribution in [1.82, 2.24) is 8.93 Å². The van der Waals surface area contributed by atoms with Gasteiger partial charge in [-0.15, -0.1) is 0 Å². The summed E-state index contributed by atoms with van der Waals surface area (Å²) in [5, 5.41) is 4.80. The largest absolute Gasteiger partial charge is 0.429 e. The van der Waals surface area contributed by atoms with Gasteiger partial charge in [-0.2, -0.15) is 18.3 Å². The number of nitrogens with zero attached hydrogens (tertiary/aromatic N) is 3. The van der Waals surface area contributed by atoms with Crippen LogP contribution in [0.2, 0.25) is 0 Å². The van der Waals surface area contributed by atoms with E-state index >= 15 is 0 Å². The standard InChI is InChI=1S/C9H15BrF3N3/c1-2-3-4-5-6-16-8(9(11,12)13)15(10)7-14-16/h7-8H,2-6H2,1H3. The highest BCUT2D eigenvalue weighted by Crippen LogP contribution is 2.32. The van der Waals surface area contributed by atoms with E-state index in [4.69, 9.17) is 0 Å². The summed E-state index contributed by atoms with van der Waals surface area (Å²) in [6.45, 7) is 2.40. The fraction of sp³-hybridized carbons (Fsp3) is 0.889. The topological polar surface area (TPSA) is 18.8 Å². The van der Waals surface area contributed by atoms with Crippen LogP contribution in [-0.2, 0) is 0 Å². The molecule has 1 unspecified atom stereocenters. The van der Waals surface area contributed by atoms with Crippen molar-refractivity contribution in [1.29, 1.82) is 0 Å². The summed E-state index contributed by atoms with van der Waals surface area (Å²) in [4.78, 5) is 0. The Labute approximate surface area is 102 Å². The third kappa shape index (κ3) is 3.54. The number of rotatable bonds is 5. The van der Waals surface area contributed by atoms with Gasteiger partial charge >= 0.3 is 6.18 Å². The molecule has 0 aromatic heterocycles. The molecule has 1 heterocycles. The highest BCUT2D eigenvalue weighted by atomic mass is 79.9. The van der Waals surface area contributed by atoms with E-state index in [1.165, 1.54) is 0 Å². The molecule has 0 radical (unpaired) electrons. The molecular weight excluding hydrogens is 287 g/mol. The fourth-order valence-corrected chi connectivity index (χ4v) is 2.08. The molecule has 1 rings (SSSR count). The zero-order valence-electron chi connectivity index (χ0n) is 9.04. The summed E-state index contributed by atoms with van der Waals surface area (Å²) in [6, 6.07) is 0. The van der Waals surface area contributed by atoms with Crippen LogP contribution < -0.4 is 0 Å². The lowest BCUT2D eigenvalue weighted by Crippen LogP contribution is -2.46. The van der Waals surface area contributed by atoms with E-state index in [2.05, 4.69) is 28.2 Å². The first-order chi connectivity index (χ1) is 7.46. The lowest BCUT2D eigenvalue weighted by Gasteiger charge is -2.28. The van der Waals surface area contributed by atoms with Crippen LogP contribution in [0.15, 0.2) is 5.10 Å². The average Bonchev–Trinajstić information content (AvgIpc) is 2.54. The maximum Gasteiger partial charge on any atom is 0.429 e. The lowest BCUT2D eigenvalue weighted by atomic mass is 10.2. The van der Waals surface area contributed by atoms with E-state index in [1.54, 1.807) is 0 Å². The number of unbranched alkanes of at least 4 members (excludes halogenated alkanes) is 3. The molecule has 0 saturated heterocycles. The highest BCUT2D eigenvalue weighted by molar-refractivity contribution is 9.07. The minimum Gasteiger partial charge on any atom is -0.265 e. The van der Waals surface area contributed by atoms with Crippen LogP contribution in [0, 0.1) is 0 Å². The van der Waals surface area contributed by atoms with Gasteiger partial charge in [0.1, 0.15) is 6.34 Å². The highest BCUT2D eigenvalue weighted by Gasteiger charge is 2.49. The van der Waals surface area contributed by atoms with Crippen molar-refractivity contribution in [3.8, 4) is 0 Å². The summed E-state index contributed by atoms with van der Waals surface area (Å²) in [5.74, 6) is 0. The molecule has 0 bridgehead atoms. The Morgan fingerprint density at radius 1 is 1.31 bits per heavy atom. The zero-order chi connectivity index (χ0) is 12.2. The first kappa shape index (κ1) is 13.6. The molecular formula is C9H15BrF3N3. The van der Waals surface area contributed by atoms with Gasteiger partial charge in [-0.1, -0.05) is 26.2 Å². The molecule has 0 aliphatic carbocycles. The molecule has 1 aliphatic heterocycles. The molecule has 0 aromatic carbocycles. The predicted molar refractivity (Wildman–Crippen MR) is 59.9 cm³/mol. The fourth-order valence-electron chi connectivity index (χ4n) is 1.56. The number of hydrogen-bond donors (Lipinski definition) is 0. The molecule has 0 spiro atoms. The van der Waals surface area contributed by atoms with E-state index in [0.29, 0.717) is 6.54 Å². The van der Waals surface area contributed by atoms with E-state index in [1.807, 2.05) is 0 Å². The predicted octanol–water partition coefficient (Wildman–Crippen LogP) is 3.33. The second-order valence-corrected chi connectivity index (χ2v) is 4.53. The van der Waals surface area contributed by atoms with Gasteiger partial charge in [0.05, 0.1) is 16.1 Å². The number of hydrazone groups is 1. The molecule has 94 valence electrons. The quantitative estimate of drug-likeness (QED) is 0.573. The molecule has 3 nitrogen and oxygen atoms in total. The Bertz CT molecular complexity index is 245. The van der Waals surface area contributed by atoms with Gasteiger partial charge in [0.15, 0.2) is 0 Å². The monoisotopic (exact) mass is 301 g/mol. The van der Waals surface area contributed by atoms with Crippen molar-refractivity contribution in [2.45, 2.75) is 44.9 Å². The summed E-state index contributed by atoms with van der Waals surface area (Å²) in [6.07, 6.45) is -1.03. The van der Waals surface area contributed by atoms with Crippen LogP contribution in [0.1, 0.15) is 32.6 Å². The summed E-state index contributed by atoms with van der Waals surface area (Å²) in [5.41, 5.74) is 0. The first-order valence-electron chi connectivity index (χ1n) is 5.28. The Balaban J connectivity index is 2.43. The van der Waals surface area contributed by atoms with Crippen molar-refractivity contribution >= 4 is 22.5 Å². The van der Waals surface area contributed by atoms with Crippen molar-refractivity contribution in [3.05, 3.63) is 0 Å². The van der Waals surface area contributed by atoms with Gasteiger partial charge in [0, 0.05) is 6.54 Å². The van der Waals surface area contributed by atoms with Crippen molar-refractivity contribution in [2.75, 3.05) is 6.54 Å². The smallest absolute Gasteiger partial charge is 0.265 e.